The van der Waals surface area contributed by atoms with Crippen LogP contribution in [0.15, 0.2) is 39.6 Å². The molecule has 4 heterocycles. The van der Waals surface area contributed by atoms with E-state index in [0.717, 1.165) is 18.4 Å². The Bertz CT molecular complexity index is 1240. The van der Waals surface area contributed by atoms with Gasteiger partial charge < -0.3 is 4.74 Å². The third-order valence-corrected chi connectivity index (χ3v) is 7.20. The molecule has 1 aliphatic rings. The van der Waals surface area contributed by atoms with Gasteiger partial charge >= 0.3 is 0 Å². The van der Waals surface area contributed by atoms with Crippen molar-refractivity contribution in [3.05, 3.63) is 56.4 Å². The monoisotopic (exact) mass is 450 g/mol. The first-order chi connectivity index (χ1) is 14.1. The average Bonchev–Trinajstić information content (AvgIpc) is 3.44. The molecular weight excluding hydrogens is 435 g/mol. The lowest BCUT2D eigenvalue weighted by Crippen LogP contribution is -2.28. The largest absolute Gasteiger partial charge is 0.376 e. The summed E-state index contributed by atoms with van der Waals surface area (Å²) in [6.45, 7) is 1.16. The minimum absolute atomic E-state index is 0.000985. The Balaban J connectivity index is 1.58. The van der Waals surface area contributed by atoms with Crippen LogP contribution in [0.5, 0.6) is 0 Å². The number of hydrogen-bond acceptors (Lipinski definition) is 6. The maximum absolute atomic E-state index is 14.1. The molecule has 0 amide bonds. The fourth-order valence-corrected chi connectivity index (χ4v) is 5.66. The Hall–Kier alpha value is -1.94. The average molecular weight is 451 g/mol. The summed E-state index contributed by atoms with van der Waals surface area (Å²) in [6.07, 6.45) is 1.91. The zero-order valence-corrected chi connectivity index (χ0v) is 17.6. The van der Waals surface area contributed by atoms with Crippen LogP contribution in [-0.4, -0.2) is 31.9 Å². The predicted octanol–water partition coefficient (Wildman–Crippen LogP) is 4.37. The second kappa shape index (κ2) is 7.71. The SMILES string of the molecule is O=c1c2sccc2n2c(SCc3c(F)cccc3Cl)nnc2n1CC1CCCO1. The number of fused-ring (bicyclic) bond motifs is 3. The molecule has 0 saturated carbocycles. The Morgan fingerprint density at radius 2 is 2.24 bits per heavy atom. The van der Waals surface area contributed by atoms with Gasteiger partial charge in [-0.3, -0.25) is 13.8 Å². The second-order valence-corrected chi connectivity index (χ2v) is 9.06. The van der Waals surface area contributed by atoms with Gasteiger partial charge in [0, 0.05) is 22.9 Å². The van der Waals surface area contributed by atoms with Crippen molar-refractivity contribution in [3.8, 4) is 0 Å². The Kier molecular flexibility index (Phi) is 5.07. The molecule has 1 aliphatic heterocycles. The van der Waals surface area contributed by atoms with E-state index in [2.05, 4.69) is 10.2 Å². The van der Waals surface area contributed by atoms with Gasteiger partial charge in [0.2, 0.25) is 5.78 Å². The van der Waals surface area contributed by atoms with Gasteiger partial charge in [-0.2, -0.15) is 0 Å². The molecular formula is C19H16ClFN4O2S2. The van der Waals surface area contributed by atoms with Crippen LogP contribution in [0.3, 0.4) is 0 Å². The first-order valence-corrected chi connectivity index (χ1v) is 11.4. The molecule has 1 fully saturated rings. The summed E-state index contributed by atoms with van der Waals surface area (Å²) in [5.74, 6) is 0.427. The van der Waals surface area contributed by atoms with E-state index >= 15 is 0 Å². The van der Waals surface area contributed by atoms with Crippen molar-refractivity contribution in [2.24, 2.45) is 0 Å². The van der Waals surface area contributed by atoms with Gasteiger partial charge in [0.1, 0.15) is 10.5 Å². The molecule has 5 rings (SSSR count). The van der Waals surface area contributed by atoms with Crippen LogP contribution < -0.4 is 5.56 Å². The van der Waals surface area contributed by atoms with Crippen LogP contribution in [-0.2, 0) is 17.0 Å². The van der Waals surface area contributed by atoms with Crippen LogP contribution in [0, 0.1) is 5.82 Å². The standard InChI is InChI=1S/C19H16ClFN4O2S2/c20-13-4-1-5-14(21)12(13)10-29-19-23-22-18-24(9-11-3-2-7-27-11)17(26)16-15(25(18)19)6-8-28-16/h1,4-6,8,11H,2-3,7,9-10H2. The Labute approximate surface area is 178 Å². The maximum atomic E-state index is 14.1. The highest BCUT2D eigenvalue weighted by Gasteiger charge is 2.23. The minimum Gasteiger partial charge on any atom is -0.376 e. The van der Waals surface area contributed by atoms with Crippen LogP contribution in [0.2, 0.25) is 5.02 Å². The molecule has 1 atom stereocenters. The van der Waals surface area contributed by atoms with E-state index in [1.54, 1.807) is 16.7 Å². The first kappa shape index (κ1) is 19.0. The van der Waals surface area contributed by atoms with Gasteiger partial charge in [-0.1, -0.05) is 29.4 Å². The molecule has 1 aromatic carbocycles. The van der Waals surface area contributed by atoms with Crippen molar-refractivity contribution in [1.29, 1.82) is 0 Å². The van der Waals surface area contributed by atoms with Crippen LogP contribution in [0.4, 0.5) is 4.39 Å². The van der Waals surface area contributed by atoms with Gasteiger partial charge in [-0.05, 0) is 36.4 Å². The van der Waals surface area contributed by atoms with Crippen molar-refractivity contribution >= 4 is 50.7 Å². The van der Waals surface area contributed by atoms with Crippen LogP contribution in [0.1, 0.15) is 18.4 Å². The molecule has 0 bridgehead atoms. The summed E-state index contributed by atoms with van der Waals surface area (Å²) in [4.78, 5) is 13.0. The van der Waals surface area contributed by atoms with Crippen molar-refractivity contribution < 1.29 is 9.13 Å². The first-order valence-electron chi connectivity index (χ1n) is 9.16. The molecule has 10 heteroatoms. The fraction of sp³-hybridized carbons (Fsp3) is 0.316. The zero-order chi connectivity index (χ0) is 20.0. The number of thiophene rings is 1. The van der Waals surface area contributed by atoms with Crippen molar-refractivity contribution in [1.82, 2.24) is 19.2 Å². The molecule has 3 aromatic heterocycles. The predicted molar refractivity (Wildman–Crippen MR) is 113 cm³/mol. The molecule has 150 valence electrons. The number of ether oxygens (including phenoxy) is 1. The maximum Gasteiger partial charge on any atom is 0.272 e. The summed E-state index contributed by atoms with van der Waals surface area (Å²) >= 11 is 8.88. The van der Waals surface area contributed by atoms with Gasteiger partial charge in [0.25, 0.3) is 5.56 Å². The number of thioether (sulfide) groups is 1. The number of halogens is 2. The summed E-state index contributed by atoms with van der Waals surface area (Å²) in [5.41, 5.74) is 1.09. The highest BCUT2D eigenvalue weighted by Crippen LogP contribution is 2.30. The number of nitrogens with zero attached hydrogens (tertiary/aromatic N) is 4. The van der Waals surface area contributed by atoms with Gasteiger partial charge in [-0.15, -0.1) is 21.5 Å². The number of benzene rings is 1. The molecule has 0 radical (unpaired) electrons. The molecule has 6 nitrogen and oxygen atoms in total. The van der Waals surface area contributed by atoms with E-state index in [1.165, 1.54) is 29.2 Å². The van der Waals surface area contributed by atoms with Crippen molar-refractivity contribution in [2.75, 3.05) is 6.61 Å². The molecule has 4 aromatic rings. The van der Waals surface area contributed by atoms with Crippen molar-refractivity contribution in [3.63, 3.8) is 0 Å². The lowest BCUT2D eigenvalue weighted by atomic mass is 10.2. The van der Waals surface area contributed by atoms with E-state index < -0.39 is 0 Å². The lowest BCUT2D eigenvalue weighted by molar-refractivity contribution is 0.0969. The molecule has 1 saturated heterocycles. The summed E-state index contributed by atoms with van der Waals surface area (Å²) in [6, 6.07) is 6.52. The molecule has 0 aliphatic carbocycles. The van der Waals surface area contributed by atoms with E-state index in [4.69, 9.17) is 16.3 Å². The Morgan fingerprint density at radius 1 is 1.34 bits per heavy atom. The van der Waals surface area contributed by atoms with Crippen LogP contribution >= 0.6 is 34.7 Å². The highest BCUT2D eigenvalue weighted by atomic mass is 35.5. The quantitative estimate of drug-likeness (QED) is 0.422. The molecule has 29 heavy (non-hydrogen) atoms. The normalized spacial score (nSPS) is 17.0. The van der Waals surface area contributed by atoms with Gasteiger partial charge in [-0.25, -0.2) is 4.39 Å². The van der Waals surface area contributed by atoms with E-state index in [9.17, 15) is 9.18 Å². The van der Waals surface area contributed by atoms with Crippen LogP contribution in [0.25, 0.3) is 16.0 Å². The number of rotatable bonds is 5. The minimum atomic E-state index is -0.352. The summed E-state index contributed by atoms with van der Waals surface area (Å²) < 4.78 is 24.0. The second-order valence-electron chi connectivity index (χ2n) is 6.79. The van der Waals surface area contributed by atoms with Gasteiger partial charge in [0.05, 0.1) is 18.2 Å². The van der Waals surface area contributed by atoms with Gasteiger partial charge in [0.15, 0.2) is 5.16 Å². The lowest BCUT2D eigenvalue weighted by Gasteiger charge is -2.13. The smallest absolute Gasteiger partial charge is 0.272 e. The highest BCUT2D eigenvalue weighted by molar-refractivity contribution is 7.98. The third-order valence-electron chi connectivity index (χ3n) is 5.00. The number of hydrogen-bond donors (Lipinski definition) is 0. The number of aromatic nitrogens is 4. The summed E-state index contributed by atoms with van der Waals surface area (Å²) in [5, 5.41) is 11.4. The molecule has 1 unspecified atom stereocenters. The fourth-order valence-electron chi connectivity index (χ4n) is 3.56. The summed E-state index contributed by atoms with van der Waals surface area (Å²) in [7, 11) is 0. The zero-order valence-electron chi connectivity index (χ0n) is 15.2. The molecule has 0 N–H and O–H groups in total. The third kappa shape index (κ3) is 3.35. The molecule has 0 spiro atoms. The van der Waals surface area contributed by atoms with E-state index in [0.29, 0.717) is 45.1 Å². The topological polar surface area (TPSA) is 61.4 Å². The van der Waals surface area contributed by atoms with E-state index in [1.807, 2.05) is 15.8 Å². The van der Waals surface area contributed by atoms with E-state index in [-0.39, 0.29) is 17.5 Å². The van der Waals surface area contributed by atoms with Crippen molar-refractivity contribution in [2.45, 2.75) is 36.4 Å². The Morgan fingerprint density at radius 3 is 3.03 bits per heavy atom.